The molecule has 0 N–H and O–H groups in total. The molecule has 60 heavy (non-hydrogen) atoms. The third kappa shape index (κ3) is 3.92. The lowest BCUT2D eigenvalue weighted by Gasteiger charge is -2.52. The highest BCUT2D eigenvalue weighted by Crippen LogP contribution is 2.53. The molecule has 5 nitrogen and oxygen atoms in total. The van der Waals surface area contributed by atoms with Crippen LogP contribution in [0.5, 0.6) is 0 Å². The molecule has 8 heterocycles. The third-order valence-electron chi connectivity index (χ3n) is 15.5. The molecule has 6 aliphatic heterocycles. The summed E-state index contributed by atoms with van der Waals surface area (Å²) in [6.07, 6.45) is 9.33. The third-order valence-corrected chi connectivity index (χ3v) is 15.5. The molecule has 0 amide bonds. The molecular weight excluding hydrogens is 729 g/mol. The second-order valence-corrected chi connectivity index (χ2v) is 18.3. The van der Waals surface area contributed by atoms with E-state index in [2.05, 4.69) is 145 Å². The van der Waals surface area contributed by atoms with Gasteiger partial charge in [0, 0.05) is 76.2 Å². The van der Waals surface area contributed by atoms with E-state index in [1.807, 2.05) is 0 Å². The van der Waals surface area contributed by atoms with Crippen LogP contribution in [0.1, 0.15) is 47.9 Å². The maximum absolute atomic E-state index is 2.86. The second-order valence-electron chi connectivity index (χ2n) is 18.3. The van der Waals surface area contributed by atoms with Gasteiger partial charge in [0.1, 0.15) is 0 Å². The van der Waals surface area contributed by atoms with Crippen LogP contribution >= 0.6 is 0 Å². The number of anilines is 5. The first-order chi connectivity index (χ1) is 29.8. The van der Waals surface area contributed by atoms with E-state index in [0.29, 0.717) is 0 Å². The van der Waals surface area contributed by atoms with Crippen LogP contribution < -0.4 is 31.1 Å². The number of hydrogen-bond donors (Lipinski definition) is 0. The molecule has 6 heteroatoms. The molecule has 0 radical (unpaired) electrons. The molecule has 0 saturated heterocycles. The maximum Gasteiger partial charge on any atom is 0.252 e. The average molecular weight is 774 g/mol. The summed E-state index contributed by atoms with van der Waals surface area (Å²) in [5.74, 6) is 0. The molecule has 6 aliphatic rings. The highest BCUT2D eigenvalue weighted by Gasteiger charge is 2.49. The van der Waals surface area contributed by atoms with Gasteiger partial charge in [0.2, 0.25) is 0 Å². The van der Waals surface area contributed by atoms with E-state index >= 15 is 0 Å². The van der Waals surface area contributed by atoms with Crippen LogP contribution in [-0.2, 0) is 25.7 Å². The Balaban J connectivity index is 1.05. The minimum Gasteiger partial charge on any atom is -0.371 e. The minimum absolute atomic E-state index is 0.194. The average Bonchev–Trinajstić information content (AvgIpc) is 3.82. The van der Waals surface area contributed by atoms with Gasteiger partial charge < -0.3 is 23.8 Å². The van der Waals surface area contributed by atoms with Crippen molar-refractivity contribution in [3.63, 3.8) is 0 Å². The van der Waals surface area contributed by atoms with Crippen LogP contribution in [0.2, 0.25) is 0 Å². The fourth-order valence-corrected chi connectivity index (χ4v) is 13.5. The zero-order chi connectivity index (χ0) is 38.8. The molecule has 0 unspecified atom stereocenters. The van der Waals surface area contributed by atoms with Crippen molar-refractivity contribution in [1.82, 2.24) is 9.13 Å². The quantitative estimate of drug-likeness (QED) is 0.163. The maximum atomic E-state index is 2.86. The predicted molar refractivity (Wildman–Crippen MR) is 252 cm³/mol. The lowest BCUT2D eigenvalue weighted by atomic mass is 9.32. The Bertz CT molecular complexity index is 3060. The summed E-state index contributed by atoms with van der Waals surface area (Å²) < 4.78 is 5.18. The summed E-state index contributed by atoms with van der Waals surface area (Å²) >= 11 is 0. The van der Waals surface area contributed by atoms with E-state index < -0.39 is 0 Å². The standard InChI is InChI=1S/C54H44BN5/c1-5-21-43-33(13-1)34-14-2-6-22-44(34)59(43)47-27-25-41-51-37(47)17-11-31-57(51)53-39-19-9-29-56-30-10-20-40(50(39)56)54-49(53)55(41)42-26-28-48(38-18-12-32-58(54)52(38)42)60-45-23-7-3-15-35(45)36-16-4-8-24-46(36)60/h1-8,13-16,21-28H,9-12,17-20,29-32H2. The Morgan fingerprint density at radius 2 is 0.733 bits per heavy atom. The molecule has 0 aliphatic carbocycles. The largest absolute Gasteiger partial charge is 0.371 e. The summed E-state index contributed by atoms with van der Waals surface area (Å²) in [4.78, 5) is 8.51. The van der Waals surface area contributed by atoms with Crippen LogP contribution in [-0.4, -0.2) is 42.0 Å². The summed E-state index contributed by atoms with van der Waals surface area (Å²) in [6, 6.07) is 46.3. The number of rotatable bonds is 2. The van der Waals surface area contributed by atoms with Gasteiger partial charge in [0.25, 0.3) is 6.71 Å². The van der Waals surface area contributed by atoms with Gasteiger partial charge >= 0.3 is 0 Å². The molecule has 7 aromatic carbocycles. The number of hydrogen-bond acceptors (Lipinski definition) is 3. The number of aromatic nitrogens is 2. The summed E-state index contributed by atoms with van der Waals surface area (Å²) in [7, 11) is 0. The molecule has 0 fully saturated rings. The Morgan fingerprint density at radius 1 is 0.350 bits per heavy atom. The van der Waals surface area contributed by atoms with Crippen LogP contribution in [0.15, 0.2) is 121 Å². The molecule has 288 valence electrons. The highest BCUT2D eigenvalue weighted by atomic mass is 15.2. The first-order valence-electron chi connectivity index (χ1n) is 22.6. The number of benzene rings is 7. The predicted octanol–water partition coefficient (Wildman–Crippen LogP) is 9.89. The molecule has 9 aromatic rings. The normalized spacial score (nSPS) is 17.1. The van der Waals surface area contributed by atoms with Gasteiger partial charge in [-0.05, 0) is 126 Å². The van der Waals surface area contributed by atoms with Crippen LogP contribution in [0, 0.1) is 0 Å². The molecule has 15 rings (SSSR count). The van der Waals surface area contributed by atoms with Gasteiger partial charge in [0.05, 0.1) is 33.4 Å². The molecule has 0 saturated carbocycles. The highest BCUT2D eigenvalue weighted by molar-refractivity contribution is 7.00. The molecular formula is C54H44BN5. The lowest BCUT2D eigenvalue weighted by Crippen LogP contribution is -2.64. The number of fused-ring (bicyclic) bond motifs is 12. The first kappa shape index (κ1) is 32.5. The van der Waals surface area contributed by atoms with E-state index in [4.69, 9.17) is 0 Å². The number of para-hydroxylation sites is 4. The molecule has 2 aromatic heterocycles. The fourth-order valence-electron chi connectivity index (χ4n) is 13.5. The zero-order valence-corrected chi connectivity index (χ0v) is 33.8. The molecule has 0 bridgehead atoms. The molecule has 0 spiro atoms. The number of nitrogens with zero attached hydrogens (tertiary/aromatic N) is 5. The fraction of sp³-hybridized carbons (Fsp3) is 0.222. The van der Waals surface area contributed by atoms with Gasteiger partial charge in [-0.15, -0.1) is 0 Å². The van der Waals surface area contributed by atoms with E-state index in [1.54, 1.807) is 33.7 Å². The van der Waals surface area contributed by atoms with Gasteiger partial charge in [0.15, 0.2) is 0 Å². The summed E-state index contributed by atoms with van der Waals surface area (Å²) in [5, 5.41) is 5.33. The van der Waals surface area contributed by atoms with Crippen molar-refractivity contribution in [2.75, 3.05) is 40.9 Å². The van der Waals surface area contributed by atoms with Crippen molar-refractivity contribution in [2.45, 2.75) is 51.4 Å². The molecule has 0 atom stereocenters. The Labute approximate surface area is 350 Å². The Kier molecular flexibility index (Phi) is 6.31. The van der Waals surface area contributed by atoms with E-state index in [1.165, 1.54) is 127 Å². The van der Waals surface area contributed by atoms with E-state index in [-0.39, 0.29) is 6.71 Å². The lowest BCUT2D eigenvalue weighted by molar-refractivity contribution is 0.631. The Morgan fingerprint density at radius 3 is 1.17 bits per heavy atom. The smallest absolute Gasteiger partial charge is 0.252 e. The SMILES string of the molecule is c1ccc2c(c1)c1ccccc1n2-c1ccc2c3c1CCCN3c1c3c4c(c5c1B2c1ccc(-n2c6ccccc6c6ccccc62)c2c1N5CCC2)CCCN4CCC3. The van der Waals surface area contributed by atoms with Gasteiger partial charge in [-0.2, -0.15) is 0 Å². The summed E-state index contributed by atoms with van der Waals surface area (Å²) in [6.45, 7) is 4.71. The van der Waals surface area contributed by atoms with Crippen LogP contribution in [0.25, 0.3) is 55.0 Å². The monoisotopic (exact) mass is 773 g/mol. The van der Waals surface area contributed by atoms with E-state index in [0.717, 1.165) is 38.8 Å². The topological polar surface area (TPSA) is 19.6 Å². The van der Waals surface area contributed by atoms with Crippen molar-refractivity contribution < 1.29 is 0 Å². The van der Waals surface area contributed by atoms with Gasteiger partial charge in [-0.3, -0.25) is 0 Å². The zero-order valence-electron chi connectivity index (χ0n) is 33.8. The van der Waals surface area contributed by atoms with Crippen molar-refractivity contribution in [3.8, 4) is 11.4 Å². The van der Waals surface area contributed by atoms with Crippen molar-refractivity contribution in [3.05, 3.63) is 144 Å². The summed E-state index contributed by atoms with van der Waals surface area (Å²) in [5.41, 5.74) is 26.6. The second kappa shape index (κ2) is 11.7. The Hall–Kier alpha value is -6.40. The van der Waals surface area contributed by atoms with Crippen LogP contribution in [0.3, 0.4) is 0 Å². The van der Waals surface area contributed by atoms with Gasteiger partial charge in [-0.1, -0.05) is 84.9 Å². The van der Waals surface area contributed by atoms with Crippen molar-refractivity contribution in [1.29, 1.82) is 0 Å². The first-order valence-corrected chi connectivity index (χ1v) is 22.6. The van der Waals surface area contributed by atoms with E-state index in [9.17, 15) is 0 Å². The van der Waals surface area contributed by atoms with Crippen LogP contribution in [0.4, 0.5) is 28.4 Å². The van der Waals surface area contributed by atoms with Crippen molar-refractivity contribution in [2.24, 2.45) is 0 Å². The minimum atomic E-state index is 0.194. The van der Waals surface area contributed by atoms with Crippen molar-refractivity contribution >= 4 is 95.1 Å². The van der Waals surface area contributed by atoms with Gasteiger partial charge in [-0.25, -0.2) is 0 Å².